The van der Waals surface area contributed by atoms with Gasteiger partial charge in [0.05, 0.1) is 0 Å². The molecular weight excluding hydrogens is 202 g/mol. The van der Waals surface area contributed by atoms with Crippen molar-refractivity contribution in [2.75, 3.05) is 0 Å². The van der Waals surface area contributed by atoms with E-state index in [0.29, 0.717) is 11.5 Å². The van der Waals surface area contributed by atoms with Crippen LogP contribution in [0, 0.1) is 0 Å². The van der Waals surface area contributed by atoms with Gasteiger partial charge in [-0.15, -0.1) is 0 Å². The molecule has 0 amide bonds. The van der Waals surface area contributed by atoms with Crippen molar-refractivity contribution in [1.82, 2.24) is 0 Å². The van der Waals surface area contributed by atoms with Crippen molar-refractivity contribution in [2.24, 2.45) is 25.7 Å². The van der Waals surface area contributed by atoms with Gasteiger partial charge in [0.1, 0.15) is 18.4 Å². The first-order valence-corrected chi connectivity index (χ1v) is 5.78. The summed E-state index contributed by atoms with van der Waals surface area (Å²) in [6.45, 7) is 2.19. The van der Waals surface area contributed by atoms with Crippen LogP contribution in [0.2, 0.25) is 0 Å². The van der Waals surface area contributed by atoms with Crippen molar-refractivity contribution in [3.63, 3.8) is 0 Å². The molecule has 0 spiro atoms. The van der Waals surface area contributed by atoms with Crippen molar-refractivity contribution in [2.45, 2.75) is 44.7 Å². The van der Waals surface area contributed by atoms with Crippen molar-refractivity contribution < 1.29 is 0 Å². The number of fused-ring (bicyclic) bond motifs is 1. The molecule has 1 atom stereocenters. The molecule has 5 heteroatoms. The van der Waals surface area contributed by atoms with Gasteiger partial charge < -0.3 is 5.73 Å². The number of hydrogen-bond acceptors (Lipinski definition) is 5. The van der Waals surface area contributed by atoms with E-state index in [4.69, 9.17) is 5.73 Å². The van der Waals surface area contributed by atoms with Gasteiger partial charge in [-0.05, 0) is 12.8 Å². The Morgan fingerprint density at radius 1 is 1.19 bits per heavy atom. The van der Waals surface area contributed by atoms with Gasteiger partial charge in [-0.25, -0.2) is 20.0 Å². The highest BCUT2D eigenvalue weighted by Crippen LogP contribution is 2.21. The third-order valence-electron chi connectivity index (χ3n) is 2.87. The zero-order chi connectivity index (χ0) is 11.4. The number of rotatable bonds is 5. The molecule has 0 fully saturated rings. The van der Waals surface area contributed by atoms with Crippen LogP contribution in [0.3, 0.4) is 0 Å². The molecular formula is C11H17N5. The summed E-state index contributed by atoms with van der Waals surface area (Å²) in [4.78, 5) is 16.5. The van der Waals surface area contributed by atoms with Crippen LogP contribution in [0.25, 0.3) is 0 Å². The highest BCUT2D eigenvalue weighted by Gasteiger charge is 2.36. The fourth-order valence-electron chi connectivity index (χ4n) is 1.91. The summed E-state index contributed by atoms with van der Waals surface area (Å²) < 4.78 is 0. The maximum atomic E-state index is 6.24. The predicted molar refractivity (Wildman–Crippen MR) is 67.5 cm³/mol. The lowest BCUT2D eigenvalue weighted by atomic mass is 9.96. The molecule has 2 aliphatic heterocycles. The first-order chi connectivity index (χ1) is 7.76. The van der Waals surface area contributed by atoms with Crippen LogP contribution < -0.4 is 5.73 Å². The molecule has 0 aromatic carbocycles. The van der Waals surface area contributed by atoms with Gasteiger partial charge in [0, 0.05) is 0 Å². The predicted octanol–water partition coefficient (Wildman–Crippen LogP) is 1.54. The van der Waals surface area contributed by atoms with Gasteiger partial charge >= 0.3 is 0 Å². The minimum Gasteiger partial charge on any atom is -0.302 e. The van der Waals surface area contributed by atoms with Crippen LogP contribution in [0.15, 0.2) is 20.0 Å². The van der Waals surface area contributed by atoms with Crippen molar-refractivity contribution in [1.29, 1.82) is 0 Å². The Balaban J connectivity index is 1.97. The molecule has 0 bridgehead atoms. The Morgan fingerprint density at radius 3 is 2.88 bits per heavy atom. The Morgan fingerprint density at radius 2 is 2.06 bits per heavy atom. The molecule has 2 aliphatic rings. The molecule has 1 unspecified atom stereocenters. The monoisotopic (exact) mass is 219 g/mol. The largest absolute Gasteiger partial charge is 0.302 e. The third-order valence-corrected chi connectivity index (χ3v) is 2.87. The SMILES string of the molecule is CCCCCCC1(N)N=CN=C2N=CN=C21. The first kappa shape index (κ1) is 11.1. The van der Waals surface area contributed by atoms with Gasteiger partial charge in [-0.3, -0.25) is 0 Å². The second-order valence-corrected chi connectivity index (χ2v) is 4.15. The summed E-state index contributed by atoms with van der Waals surface area (Å²) in [5, 5.41) is 0. The molecule has 0 aromatic rings. The van der Waals surface area contributed by atoms with Crippen LogP contribution in [0.4, 0.5) is 0 Å². The molecule has 0 aliphatic carbocycles. The van der Waals surface area contributed by atoms with E-state index in [-0.39, 0.29) is 0 Å². The van der Waals surface area contributed by atoms with Crippen LogP contribution >= 0.6 is 0 Å². The number of nitrogens with two attached hydrogens (primary N) is 1. The number of aliphatic imine (C=N–C) groups is 4. The van der Waals surface area contributed by atoms with E-state index in [1.165, 1.54) is 31.9 Å². The highest BCUT2D eigenvalue weighted by molar-refractivity contribution is 6.50. The molecule has 2 N–H and O–H groups in total. The normalized spacial score (nSPS) is 26.6. The molecule has 0 aromatic heterocycles. The van der Waals surface area contributed by atoms with Gasteiger partial charge in [0.2, 0.25) is 0 Å². The van der Waals surface area contributed by atoms with E-state index in [0.717, 1.165) is 12.8 Å². The van der Waals surface area contributed by atoms with E-state index in [9.17, 15) is 0 Å². The summed E-state index contributed by atoms with van der Waals surface area (Å²) >= 11 is 0. The van der Waals surface area contributed by atoms with E-state index in [2.05, 4.69) is 26.9 Å². The Bertz CT molecular complexity index is 380. The molecule has 2 rings (SSSR count). The van der Waals surface area contributed by atoms with E-state index >= 15 is 0 Å². The molecule has 5 nitrogen and oxygen atoms in total. The lowest BCUT2D eigenvalue weighted by Crippen LogP contribution is -2.50. The summed E-state index contributed by atoms with van der Waals surface area (Å²) in [7, 11) is 0. The van der Waals surface area contributed by atoms with Gasteiger partial charge in [-0.2, -0.15) is 0 Å². The second kappa shape index (κ2) is 4.65. The number of nitrogens with zero attached hydrogens (tertiary/aromatic N) is 4. The standard InChI is InChI=1S/C11H17N5/c1-2-3-4-5-6-11(12)9-10(14-7-13-9)15-8-16-11/h7-8H,2-6,12H2,1H3. The minimum atomic E-state index is -0.707. The summed E-state index contributed by atoms with van der Waals surface area (Å²) in [6, 6.07) is 0. The maximum Gasteiger partial charge on any atom is 0.180 e. The van der Waals surface area contributed by atoms with Gasteiger partial charge in [0.15, 0.2) is 11.5 Å². The fourth-order valence-corrected chi connectivity index (χ4v) is 1.91. The van der Waals surface area contributed by atoms with E-state index < -0.39 is 5.66 Å². The molecule has 86 valence electrons. The second-order valence-electron chi connectivity index (χ2n) is 4.15. The zero-order valence-corrected chi connectivity index (χ0v) is 9.56. The van der Waals surface area contributed by atoms with Gasteiger partial charge in [0.25, 0.3) is 0 Å². The Hall–Kier alpha value is -1.36. The highest BCUT2D eigenvalue weighted by atomic mass is 15.2. The maximum absolute atomic E-state index is 6.24. The van der Waals surface area contributed by atoms with Crippen LogP contribution in [0.5, 0.6) is 0 Å². The van der Waals surface area contributed by atoms with E-state index in [1.807, 2.05) is 0 Å². The molecule has 2 heterocycles. The van der Waals surface area contributed by atoms with Crippen molar-refractivity contribution in [3.8, 4) is 0 Å². The molecule has 0 saturated carbocycles. The summed E-state index contributed by atoms with van der Waals surface area (Å²) in [5.74, 6) is 0.619. The number of amidine groups is 1. The molecule has 0 radical (unpaired) electrons. The minimum absolute atomic E-state index is 0.619. The van der Waals surface area contributed by atoms with Crippen LogP contribution in [-0.4, -0.2) is 29.9 Å². The fraction of sp³-hybridized carbons (Fsp3) is 0.636. The Labute approximate surface area is 95.3 Å². The molecule has 16 heavy (non-hydrogen) atoms. The van der Waals surface area contributed by atoms with Crippen molar-refractivity contribution in [3.05, 3.63) is 0 Å². The smallest absolute Gasteiger partial charge is 0.180 e. The third kappa shape index (κ3) is 2.09. The van der Waals surface area contributed by atoms with Gasteiger partial charge in [-0.1, -0.05) is 26.2 Å². The Kier molecular flexibility index (Phi) is 3.24. The zero-order valence-electron chi connectivity index (χ0n) is 9.56. The lowest BCUT2D eigenvalue weighted by molar-refractivity contribution is 0.501. The summed E-state index contributed by atoms with van der Waals surface area (Å²) in [6.07, 6.45) is 8.51. The van der Waals surface area contributed by atoms with Crippen molar-refractivity contribution >= 4 is 24.2 Å². The number of hydrogen-bond donors (Lipinski definition) is 1. The first-order valence-electron chi connectivity index (χ1n) is 5.78. The average molecular weight is 219 g/mol. The summed E-state index contributed by atoms with van der Waals surface area (Å²) in [5.41, 5.74) is 6.24. The average Bonchev–Trinajstić information content (AvgIpc) is 2.75. The topological polar surface area (TPSA) is 75.5 Å². The lowest BCUT2D eigenvalue weighted by Gasteiger charge is -2.26. The number of unbranched alkanes of at least 4 members (excludes halogenated alkanes) is 3. The van der Waals surface area contributed by atoms with Crippen LogP contribution in [0.1, 0.15) is 39.0 Å². The quantitative estimate of drug-likeness (QED) is 0.699. The van der Waals surface area contributed by atoms with E-state index in [1.54, 1.807) is 0 Å². The van der Waals surface area contributed by atoms with Crippen LogP contribution in [-0.2, 0) is 0 Å². The molecule has 0 saturated heterocycles.